The summed E-state index contributed by atoms with van der Waals surface area (Å²) in [7, 11) is 3.59. The molecule has 3 atom stereocenters. The number of imide groups is 1. The second-order valence-corrected chi connectivity index (χ2v) is 21.2. The maximum Gasteiger partial charge on any atom is 0.330 e. The molecule has 0 spiro atoms. The highest BCUT2D eigenvalue weighted by Crippen LogP contribution is 2.38. The molecule has 4 saturated heterocycles. The van der Waals surface area contributed by atoms with Crippen molar-refractivity contribution in [1.82, 2.24) is 48.2 Å². The Bertz CT molecular complexity index is 3170. The van der Waals surface area contributed by atoms with E-state index in [1.54, 1.807) is 23.9 Å². The van der Waals surface area contributed by atoms with Crippen LogP contribution in [0.1, 0.15) is 116 Å². The van der Waals surface area contributed by atoms with Gasteiger partial charge in [-0.1, -0.05) is 18.2 Å². The van der Waals surface area contributed by atoms with Crippen molar-refractivity contribution in [3.05, 3.63) is 122 Å². The van der Waals surface area contributed by atoms with Gasteiger partial charge in [-0.2, -0.15) is 0 Å². The first-order valence-electron chi connectivity index (χ1n) is 26.1. The Kier molecular flexibility index (Phi) is 13.0. The smallest absolute Gasteiger partial charge is 0.330 e. The molecule has 0 unspecified atom stereocenters. The maximum absolute atomic E-state index is 14.8. The Hall–Kier alpha value is -6.43. The fraction of sp³-hybridized carbons (Fsp3) is 0.491. The number of halogens is 1. The SMILES string of the molecule is CNc1cc(=O)n(-c2ccnc3c2cc([C@H](C)N2CCC(c4ccc(C(=O)N5CCC(CN6CCN(Cc7ccc8c(c7)n(C7CC7)c(=O)n8[C@@H]7CCC(=O)NC7=O)C[C@@H]6C)CC5)cc4)CC2)n3C)cc1F. The van der Waals surface area contributed by atoms with E-state index in [1.165, 1.54) is 22.4 Å². The van der Waals surface area contributed by atoms with Crippen LogP contribution in [0.15, 0.2) is 82.6 Å². The lowest BCUT2D eigenvalue weighted by molar-refractivity contribution is -0.135. The molecular formula is C55H66FN11O5. The fourth-order valence-corrected chi connectivity index (χ4v) is 12.3. The van der Waals surface area contributed by atoms with Crippen molar-refractivity contribution in [2.75, 3.05) is 64.7 Å². The molecule has 2 aromatic carbocycles. The highest BCUT2D eigenvalue weighted by Gasteiger charge is 2.36. The van der Waals surface area contributed by atoms with Crippen LogP contribution in [0.3, 0.4) is 0 Å². The van der Waals surface area contributed by atoms with Gasteiger partial charge in [0.05, 0.1) is 28.6 Å². The van der Waals surface area contributed by atoms with Crippen LogP contribution in [-0.2, 0) is 23.2 Å². The number of benzene rings is 2. The number of rotatable bonds is 12. The minimum absolute atomic E-state index is 0.0990. The van der Waals surface area contributed by atoms with Crippen LogP contribution in [0.2, 0.25) is 0 Å². The number of fused-ring (bicyclic) bond motifs is 2. The van der Waals surface area contributed by atoms with Gasteiger partial charge in [0.25, 0.3) is 11.5 Å². The molecule has 11 rings (SSSR count). The van der Waals surface area contributed by atoms with E-state index in [0.29, 0.717) is 30.0 Å². The normalized spacial score (nSPS) is 21.7. The third-order valence-electron chi connectivity index (χ3n) is 16.7. The van der Waals surface area contributed by atoms with Crippen LogP contribution >= 0.6 is 0 Å². The van der Waals surface area contributed by atoms with Gasteiger partial charge in [0, 0.05) is 113 Å². The molecular weight excluding hydrogens is 914 g/mol. The number of imidazole rings is 1. The number of hydrogen-bond acceptors (Lipinski definition) is 10. The first kappa shape index (κ1) is 47.9. The molecule has 4 aromatic heterocycles. The topological polar surface area (TPSA) is 155 Å². The van der Waals surface area contributed by atoms with Gasteiger partial charge in [0.2, 0.25) is 11.8 Å². The Balaban J connectivity index is 0.648. The van der Waals surface area contributed by atoms with Crippen molar-refractivity contribution in [2.24, 2.45) is 13.0 Å². The van der Waals surface area contributed by atoms with Gasteiger partial charge in [-0.25, -0.2) is 14.2 Å². The van der Waals surface area contributed by atoms with Crippen molar-refractivity contribution in [3.63, 3.8) is 0 Å². The Morgan fingerprint density at radius 3 is 2.33 bits per heavy atom. The summed E-state index contributed by atoms with van der Waals surface area (Å²) in [6, 6.07) is 19.6. The zero-order chi connectivity index (χ0) is 49.9. The van der Waals surface area contributed by atoms with Gasteiger partial charge < -0.3 is 14.8 Å². The zero-order valence-corrected chi connectivity index (χ0v) is 41.9. The first-order valence-corrected chi connectivity index (χ1v) is 26.1. The Morgan fingerprint density at radius 1 is 0.861 bits per heavy atom. The van der Waals surface area contributed by atoms with Crippen molar-refractivity contribution in [2.45, 2.75) is 102 Å². The summed E-state index contributed by atoms with van der Waals surface area (Å²) in [4.78, 5) is 79.5. The first-order chi connectivity index (χ1) is 34.8. The summed E-state index contributed by atoms with van der Waals surface area (Å²) in [6.07, 6.45) is 9.37. The molecule has 17 heteroatoms. The van der Waals surface area contributed by atoms with E-state index in [-0.39, 0.29) is 47.3 Å². The lowest BCUT2D eigenvalue weighted by Crippen LogP contribution is -2.53. The minimum Gasteiger partial charge on any atom is -0.386 e. The van der Waals surface area contributed by atoms with E-state index >= 15 is 0 Å². The number of carbonyl (C=O) groups excluding carboxylic acids is 3. The second kappa shape index (κ2) is 19.5. The summed E-state index contributed by atoms with van der Waals surface area (Å²) in [5.74, 6) is -0.126. The molecule has 16 nitrogen and oxygen atoms in total. The van der Waals surface area contributed by atoms with Crippen molar-refractivity contribution >= 4 is 45.5 Å². The summed E-state index contributed by atoms with van der Waals surface area (Å²) < 4.78 is 21.7. The Morgan fingerprint density at radius 2 is 1.62 bits per heavy atom. The zero-order valence-electron chi connectivity index (χ0n) is 41.9. The lowest BCUT2D eigenvalue weighted by atomic mass is 9.88. The molecule has 5 aliphatic rings. The molecule has 3 amide bonds. The number of aryl methyl sites for hydroxylation is 1. The number of likely N-dealkylation sites (tertiary alicyclic amines) is 2. The molecule has 0 radical (unpaired) electrons. The molecule has 0 bridgehead atoms. The summed E-state index contributed by atoms with van der Waals surface area (Å²) in [5.41, 5.74) is 6.91. The van der Waals surface area contributed by atoms with Crippen molar-refractivity contribution in [1.29, 1.82) is 0 Å². The standard InChI is InChI=1S/C55H66FN11O5/c1-34-30-61(31-37-5-12-46-49(27-37)66(41-10-11-41)55(72)67(46)47-13-14-50(68)59-53(47)70)25-26-64(34)32-36-16-21-63(22-17-36)54(71)40-8-6-38(7-9-40)39-18-23-62(24-19-39)35(2)48-28-42-45(15-20-58-52(42)60(48)4)65-33-43(56)44(57-3)29-51(65)69/h5-9,12,15,20,27-29,33-36,39,41,47,57H,10-11,13-14,16-19,21-26,30-32H2,1-4H3,(H,59,68,70)/t34-,35-,47+/m0/s1. The number of piperidine rings is 3. The molecule has 1 aliphatic carbocycles. The molecule has 8 heterocycles. The number of pyridine rings is 2. The fourth-order valence-electron chi connectivity index (χ4n) is 12.3. The lowest BCUT2D eigenvalue weighted by Gasteiger charge is -2.42. The van der Waals surface area contributed by atoms with E-state index < -0.39 is 17.8 Å². The molecule has 378 valence electrons. The van der Waals surface area contributed by atoms with Gasteiger partial charge in [-0.15, -0.1) is 0 Å². The number of anilines is 1. The number of hydrogen-bond donors (Lipinski definition) is 2. The molecule has 1 saturated carbocycles. The van der Waals surface area contributed by atoms with Crippen LogP contribution in [0.5, 0.6) is 0 Å². The third-order valence-corrected chi connectivity index (χ3v) is 16.7. The van der Waals surface area contributed by atoms with E-state index in [2.05, 4.69) is 79.1 Å². The van der Waals surface area contributed by atoms with Gasteiger partial charge in [0.1, 0.15) is 11.7 Å². The highest BCUT2D eigenvalue weighted by molar-refractivity contribution is 6.00. The average molecular weight is 980 g/mol. The minimum atomic E-state index is -0.679. The van der Waals surface area contributed by atoms with E-state index in [1.807, 2.05) is 34.7 Å². The van der Waals surface area contributed by atoms with Crippen molar-refractivity contribution < 1.29 is 18.8 Å². The maximum atomic E-state index is 14.8. The largest absolute Gasteiger partial charge is 0.386 e. The van der Waals surface area contributed by atoms with Crippen molar-refractivity contribution in [3.8, 4) is 5.69 Å². The molecule has 72 heavy (non-hydrogen) atoms. The van der Waals surface area contributed by atoms with Gasteiger partial charge in [-0.3, -0.25) is 52.9 Å². The molecule has 2 N–H and O–H groups in total. The van der Waals surface area contributed by atoms with Gasteiger partial charge >= 0.3 is 5.69 Å². The summed E-state index contributed by atoms with van der Waals surface area (Å²) in [6.45, 7) is 12.6. The number of nitrogens with one attached hydrogen (secondary N) is 2. The number of aromatic nitrogens is 5. The number of amides is 3. The third kappa shape index (κ3) is 9.08. The van der Waals surface area contributed by atoms with Crippen LogP contribution in [0.25, 0.3) is 27.8 Å². The van der Waals surface area contributed by atoms with Crippen LogP contribution in [0, 0.1) is 11.7 Å². The van der Waals surface area contributed by atoms with Gasteiger partial charge in [0.15, 0.2) is 5.82 Å². The van der Waals surface area contributed by atoms with E-state index in [9.17, 15) is 28.4 Å². The van der Waals surface area contributed by atoms with Crippen LogP contribution in [0.4, 0.5) is 10.1 Å². The monoisotopic (exact) mass is 980 g/mol. The van der Waals surface area contributed by atoms with E-state index in [0.717, 1.165) is 136 Å². The van der Waals surface area contributed by atoms with E-state index in [4.69, 9.17) is 0 Å². The predicted molar refractivity (Wildman–Crippen MR) is 275 cm³/mol. The molecule has 6 aromatic rings. The van der Waals surface area contributed by atoms with Crippen LogP contribution in [-0.4, -0.2) is 126 Å². The number of carbonyl (C=O) groups is 3. The highest BCUT2D eigenvalue weighted by atomic mass is 19.1. The molecule has 4 aliphatic heterocycles. The summed E-state index contributed by atoms with van der Waals surface area (Å²) in [5, 5.41) is 5.96. The average Bonchev–Trinajstić information content (AvgIpc) is 4.11. The number of nitrogens with zero attached hydrogens (tertiary/aromatic N) is 9. The van der Waals surface area contributed by atoms with Crippen LogP contribution < -0.4 is 21.9 Å². The predicted octanol–water partition coefficient (Wildman–Crippen LogP) is 6.33. The molecule has 5 fully saturated rings. The van der Waals surface area contributed by atoms with Gasteiger partial charge in [-0.05, 0) is 131 Å². The summed E-state index contributed by atoms with van der Waals surface area (Å²) >= 11 is 0. The Labute approximate surface area is 418 Å². The quantitative estimate of drug-likeness (QED) is 0.133. The second-order valence-electron chi connectivity index (χ2n) is 21.2. The number of piperazine rings is 1.